The molecule has 0 N–H and O–H groups in total. The fourth-order valence-electron chi connectivity index (χ4n) is 0.456. The average molecular weight is 226 g/mol. The fourth-order valence-corrected chi connectivity index (χ4v) is 1.08. The second-order valence-corrected chi connectivity index (χ2v) is 3.67. The van der Waals surface area contributed by atoms with Crippen LogP contribution in [-0.4, -0.2) is 9.71 Å². The average Bonchev–Trinajstić information content (AvgIpc) is 1.65. The standard InChI is InChI=1S/C6H11IO/c1-3-6(7)4-5(2)8/h6H,3-4H2,1-2H3. The van der Waals surface area contributed by atoms with E-state index in [1.54, 1.807) is 6.92 Å². The molecule has 0 bridgehead atoms. The molecule has 0 amide bonds. The second-order valence-electron chi connectivity index (χ2n) is 1.91. The van der Waals surface area contributed by atoms with Crippen molar-refractivity contribution in [1.29, 1.82) is 0 Å². The van der Waals surface area contributed by atoms with Crippen molar-refractivity contribution in [3.8, 4) is 0 Å². The maximum atomic E-state index is 10.4. The molecule has 1 nitrogen and oxygen atoms in total. The van der Waals surface area contributed by atoms with E-state index >= 15 is 0 Å². The van der Waals surface area contributed by atoms with Gasteiger partial charge in [-0.2, -0.15) is 0 Å². The minimum absolute atomic E-state index is 0.297. The van der Waals surface area contributed by atoms with Crippen molar-refractivity contribution >= 4 is 28.4 Å². The Morgan fingerprint density at radius 1 is 1.75 bits per heavy atom. The molecular formula is C6H11IO. The number of alkyl halides is 1. The van der Waals surface area contributed by atoms with Gasteiger partial charge in [0.15, 0.2) is 0 Å². The van der Waals surface area contributed by atoms with E-state index in [0.717, 1.165) is 12.8 Å². The number of carbonyl (C=O) groups is 1. The third-order valence-corrected chi connectivity index (χ3v) is 2.27. The zero-order chi connectivity index (χ0) is 6.57. The molecule has 0 aromatic carbocycles. The minimum Gasteiger partial charge on any atom is -0.300 e. The number of hydrogen-bond donors (Lipinski definition) is 0. The molecule has 0 heterocycles. The van der Waals surface area contributed by atoms with Crippen LogP contribution in [-0.2, 0) is 4.79 Å². The second kappa shape index (κ2) is 4.30. The number of carbonyl (C=O) groups excluding carboxylic acids is 1. The van der Waals surface area contributed by atoms with Crippen molar-refractivity contribution in [2.75, 3.05) is 0 Å². The Bertz CT molecular complexity index is 80.6. The number of ketones is 1. The van der Waals surface area contributed by atoms with Crippen molar-refractivity contribution in [2.24, 2.45) is 0 Å². The van der Waals surface area contributed by atoms with Gasteiger partial charge >= 0.3 is 0 Å². The Balaban J connectivity index is 3.24. The van der Waals surface area contributed by atoms with Crippen LogP contribution in [0.3, 0.4) is 0 Å². The van der Waals surface area contributed by atoms with Crippen molar-refractivity contribution in [3.63, 3.8) is 0 Å². The van der Waals surface area contributed by atoms with E-state index in [1.165, 1.54) is 0 Å². The smallest absolute Gasteiger partial charge is 0.130 e. The predicted molar refractivity (Wildman–Crippen MR) is 43.4 cm³/mol. The van der Waals surface area contributed by atoms with Crippen LogP contribution in [0.4, 0.5) is 0 Å². The highest BCUT2D eigenvalue weighted by atomic mass is 127. The maximum absolute atomic E-state index is 10.4. The van der Waals surface area contributed by atoms with Crippen molar-refractivity contribution in [1.82, 2.24) is 0 Å². The summed E-state index contributed by atoms with van der Waals surface area (Å²) in [5.41, 5.74) is 0. The van der Waals surface area contributed by atoms with Gasteiger partial charge in [0.1, 0.15) is 5.78 Å². The van der Waals surface area contributed by atoms with E-state index in [9.17, 15) is 4.79 Å². The first-order chi connectivity index (χ1) is 3.66. The van der Waals surface area contributed by atoms with E-state index in [0.29, 0.717) is 9.71 Å². The molecule has 2 heteroatoms. The molecule has 0 fully saturated rings. The van der Waals surface area contributed by atoms with Crippen molar-refractivity contribution in [3.05, 3.63) is 0 Å². The van der Waals surface area contributed by atoms with Crippen LogP contribution >= 0.6 is 22.6 Å². The minimum atomic E-state index is 0.297. The van der Waals surface area contributed by atoms with Crippen LogP contribution in [0.1, 0.15) is 26.7 Å². The molecule has 0 spiro atoms. The van der Waals surface area contributed by atoms with Crippen molar-refractivity contribution in [2.45, 2.75) is 30.6 Å². The van der Waals surface area contributed by atoms with E-state index in [4.69, 9.17) is 0 Å². The summed E-state index contributed by atoms with van der Waals surface area (Å²) in [7, 11) is 0. The molecule has 0 saturated carbocycles. The molecule has 0 saturated heterocycles. The normalized spacial score (nSPS) is 13.4. The van der Waals surface area contributed by atoms with E-state index in [2.05, 4.69) is 29.5 Å². The first kappa shape index (κ1) is 8.40. The first-order valence-corrected chi connectivity index (χ1v) is 4.05. The molecule has 0 aliphatic carbocycles. The molecular weight excluding hydrogens is 215 g/mol. The summed E-state index contributed by atoms with van der Waals surface area (Å²) in [4.78, 5) is 10.4. The number of halogens is 1. The largest absolute Gasteiger partial charge is 0.300 e. The van der Waals surface area contributed by atoms with Crippen LogP contribution in [0.2, 0.25) is 0 Å². The Morgan fingerprint density at radius 3 is 2.38 bits per heavy atom. The van der Waals surface area contributed by atoms with Gasteiger partial charge in [0, 0.05) is 10.3 Å². The Kier molecular flexibility index (Phi) is 4.51. The number of hydrogen-bond acceptors (Lipinski definition) is 1. The summed E-state index contributed by atoms with van der Waals surface area (Å²) >= 11 is 2.30. The lowest BCUT2D eigenvalue weighted by Gasteiger charge is -1.99. The summed E-state index contributed by atoms with van der Waals surface area (Å²) in [6.45, 7) is 3.74. The summed E-state index contributed by atoms with van der Waals surface area (Å²) in [5.74, 6) is 0.297. The lowest BCUT2D eigenvalue weighted by Crippen LogP contribution is -2.01. The van der Waals surface area contributed by atoms with Crippen LogP contribution in [0, 0.1) is 0 Å². The molecule has 0 aliphatic rings. The summed E-state index contributed by atoms with van der Waals surface area (Å²) in [5, 5.41) is 0. The van der Waals surface area contributed by atoms with Gasteiger partial charge in [0.2, 0.25) is 0 Å². The summed E-state index contributed by atoms with van der Waals surface area (Å²) in [6, 6.07) is 0. The quantitative estimate of drug-likeness (QED) is 0.532. The molecule has 0 aromatic rings. The van der Waals surface area contributed by atoms with Gasteiger partial charge in [-0.25, -0.2) is 0 Å². The van der Waals surface area contributed by atoms with Crippen LogP contribution in [0.25, 0.3) is 0 Å². The van der Waals surface area contributed by atoms with Crippen LogP contribution in [0.5, 0.6) is 0 Å². The highest BCUT2D eigenvalue weighted by molar-refractivity contribution is 14.1. The van der Waals surface area contributed by atoms with Crippen LogP contribution in [0.15, 0.2) is 0 Å². The Hall–Kier alpha value is 0.400. The molecule has 1 atom stereocenters. The molecule has 0 aliphatic heterocycles. The summed E-state index contributed by atoms with van der Waals surface area (Å²) < 4.78 is 0.546. The summed E-state index contributed by atoms with van der Waals surface area (Å²) in [6.07, 6.45) is 1.83. The first-order valence-electron chi connectivity index (χ1n) is 2.80. The third-order valence-electron chi connectivity index (χ3n) is 0.952. The van der Waals surface area contributed by atoms with Crippen molar-refractivity contribution < 1.29 is 4.79 Å². The van der Waals surface area contributed by atoms with E-state index in [-0.39, 0.29) is 0 Å². The zero-order valence-electron chi connectivity index (χ0n) is 5.28. The highest BCUT2D eigenvalue weighted by Gasteiger charge is 2.01. The number of Topliss-reactive ketones (excluding diaryl/α,β-unsaturated/α-hetero) is 1. The van der Waals surface area contributed by atoms with Gasteiger partial charge in [-0.15, -0.1) is 0 Å². The predicted octanol–water partition coefficient (Wildman–Crippen LogP) is 2.18. The van der Waals surface area contributed by atoms with Gasteiger partial charge in [-0.1, -0.05) is 29.5 Å². The van der Waals surface area contributed by atoms with Gasteiger partial charge < -0.3 is 0 Å². The van der Waals surface area contributed by atoms with Crippen LogP contribution < -0.4 is 0 Å². The maximum Gasteiger partial charge on any atom is 0.130 e. The third kappa shape index (κ3) is 4.56. The van der Waals surface area contributed by atoms with Gasteiger partial charge in [0.25, 0.3) is 0 Å². The molecule has 8 heavy (non-hydrogen) atoms. The molecule has 0 rings (SSSR count). The molecule has 1 unspecified atom stereocenters. The molecule has 0 aromatic heterocycles. The highest BCUT2D eigenvalue weighted by Crippen LogP contribution is 2.09. The van der Waals surface area contributed by atoms with Gasteiger partial charge in [-0.05, 0) is 13.3 Å². The monoisotopic (exact) mass is 226 g/mol. The Labute approximate surface area is 64.0 Å². The lowest BCUT2D eigenvalue weighted by atomic mass is 10.2. The molecule has 0 radical (unpaired) electrons. The van der Waals surface area contributed by atoms with E-state index in [1.807, 2.05) is 0 Å². The number of rotatable bonds is 3. The topological polar surface area (TPSA) is 17.1 Å². The van der Waals surface area contributed by atoms with Gasteiger partial charge in [0.05, 0.1) is 0 Å². The SMILES string of the molecule is CCC(I)CC(C)=O. The van der Waals surface area contributed by atoms with Gasteiger partial charge in [-0.3, -0.25) is 4.79 Å². The molecule has 48 valence electrons. The zero-order valence-corrected chi connectivity index (χ0v) is 7.44. The Morgan fingerprint density at radius 2 is 2.25 bits per heavy atom. The fraction of sp³-hybridized carbons (Fsp3) is 0.833. The lowest BCUT2D eigenvalue weighted by molar-refractivity contribution is -0.116. The van der Waals surface area contributed by atoms with E-state index < -0.39 is 0 Å².